The van der Waals surface area contributed by atoms with Crippen LogP contribution >= 0.6 is 34.8 Å². The maximum Gasteiger partial charge on any atom is 0.241 e. The van der Waals surface area contributed by atoms with E-state index in [0.717, 1.165) is 0 Å². The molecule has 0 unspecified atom stereocenters. The molecule has 0 heterocycles. The zero-order valence-corrected chi connectivity index (χ0v) is 14.6. The molecule has 0 atom stereocenters. The zero-order chi connectivity index (χ0) is 17.0. The molecule has 0 saturated carbocycles. The molecule has 0 aliphatic heterocycles. The summed E-state index contributed by atoms with van der Waals surface area (Å²) < 4.78 is 26.3. The smallest absolute Gasteiger partial charge is 0.241 e. The second-order valence-electron chi connectivity index (χ2n) is 4.43. The van der Waals surface area contributed by atoms with Gasteiger partial charge in [0.25, 0.3) is 0 Å². The number of rotatable bonds is 5. The van der Waals surface area contributed by atoms with E-state index in [2.05, 4.69) is 10.0 Å². The SMILES string of the molecule is O=C(CNS(=O)(=O)c1cccc(Cl)c1)Nc1cccc(Cl)c1Cl. The highest BCUT2D eigenvalue weighted by molar-refractivity contribution is 7.89. The van der Waals surface area contributed by atoms with Gasteiger partial charge < -0.3 is 5.32 Å². The minimum atomic E-state index is -3.84. The Morgan fingerprint density at radius 3 is 2.43 bits per heavy atom. The van der Waals surface area contributed by atoms with Crippen molar-refractivity contribution < 1.29 is 13.2 Å². The van der Waals surface area contributed by atoms with E-state index in [0.29, 0.717) is 5.69 Å². The maximum atomic E-state index is 12.1. The number of carbonyl (C=O) groups excluding carboxylic acids is 1. The van der Waals surface area contributed by atoms with Gasteiger partial charge in [0, 0.05) is 5.02 Å². The molecule has 2 aromatic carbocycles. The number of halogens is 3. The fraction of sp³-hybridized carbons (Fsp3) is 0.0714. The van der Waals surface area contributed by atoms with E-state index in [1.54, 1.807) is 24.3 Å². The fourth-order valence-electron chi connectivity index (χ4n) is 1.67. The number of nitrogens with one attached hydrogen (secondary N) is 2. The Balaban J connectivity index is 2.03. The molecule has 9 heteroatoms. The quantitative estimate of drug-likeness (QED) is 0.815. The molecule has 2 N–H and O–H groups in total. The summed E-state index contributed by atoms with van der Waals surface area (Å²) in [5.41, 5.74) is 0.297. The van der Waals surface area contributed by atoms with Crippen molar-refractivity contribution in [3.05, 3.63) is 57.5 Å². The van der Waals surface area contributed by atoms with Gasteiger partial charge in [-0.1, -0.05) is 46.9 Å². The molecule has 0 aromatic heterocycles. The summed E-state index contributed by atoms with van der Waals surface area (Å²) in [5, 5.41) is 3.22. The zero-order valence-electron chi connectivity index (χ0n) is 11.5. The predicted molar refractivity (Wildman–Crippen MR) is 91.7 cm³/mol. The van der Waals surface area contributed by atoms with Gasteiger partial charge in [0.2, 0.25) is 15.9 Å². The normalized spacial score (nSPS) is 11.3. The van der Waals surface area contributed by atoms with Gasteiger partial charge in [0.05, 0.1) is 27.2 Å². The second-order valence-corrected chi connectivity index (χ2v) is 7.42. The first-order valence-corrected chi connectivity index (χ1v) is 8.90. The summed E-state index contributed by atoms with van der Waals surface area (Å²) in [6.07, 6.45) is 0. The lowest BCUT2D eigenvalue weighted by Crippen LogP contribution is -2.33. The van der Waals surface area contributed by atoms with E-state index in [9.17, 15) is 13.2 Å². The Morgan fingerprint density at radius 1 is 1.04 bits per heavy atom. The minimum Gasteiger partial charge on any atom is -0.324 e. The van der Waals surface area contributed by atoms with Gasteiger partial charge in [-0.3, -0.25) is 4.79 Å². The number of hydrogen-bond acceptors (Lipinski definition) is 3. The van der Waals surface area contributed by atoms with Crippen molar-refractivity contribution >= 4 is 56.4 Å². The van der Waals surface area contributed by atoms with Crippen molar-refractivity contribution in [1.29, 1.82) is 0 Å². The average molecular weight is 394 g/mol. The van der Waals surface area contributed by atoms with Gasteiger partial charge in [-0.25, -0.2) is 13.1 Å². The van der Waals surface area contributed by atoms with Crippen LogP contribution in [0.2, 0.25) is 15.1 Å². The van der Waals surface area contributed by atoms with Gasteiger partial charge in [0.15, 0.2) is 0 Å². The van der Waals surface area contributed by atoms with Gasteiger partial charge in [-0.2, -0.15) is 0 Å². The third kappa shape index (κ3) is 4.83. The van der Waals surface area contributed by atoms with Crippen LogP contribution in [0.1, 0.15) is 0 Å². The van der Waals surface area contributed by atoms with Crippen LogP contribution in [-0.2, 0) is 14.8 Å². The summed E-state index contributed by atoms with van der Waals surface area (Å²) in [6, 6.07) is 10.5. The molecule has 2 aromatic rings. The largest absolute Gasteiger partial charge is 0.324 e. The van der Waals surface area contributed by atoms with E-state index in [1.165, 1.54) is 18.2 Å². The Kier molecular flexibility index (Phi) is 5.89. The molecule has 0 aliphatic carbocycles. The third-order valence-corrected chi connectivity index (χ3v) is 5.21. The summed E-state index contributed by atoms with van der Waals surface area (Å²) >= 11 is 17.5. The van der Waals surface area contributed by atoms with E-state index < -0.39 is 22.5 Å². The highest BCUT2D eigenvalue weighted by Crippen LogP contribution is 2.29. The van der Waals surface area contributed by atoms with Crippen molar-refractivity contribution in [2.75, 3.05) is 11.9 Å². The van der Waals surface area contributed by atoms with Gasteiger partial charge in [-0.15, -0.1) is 0 Å². The lowest BCUT2D eigenvalue weighted by Gasteiger charge is -2.09. The van der Waals surface area contributed by atoms with Crippen molar-refractivity contribution in [2.24, 2.45) is 0 Å². The van der Waals surface area contributed by atoms with E-state index in [4.69, 9.17) is 34.8 Å². The molecule has 2 rings (SSSR count). The molecule has 23 heavy (non-hydrogen) atoms. The van der Waals surface area contributed by atoms with Crippen LogP contribution in [0.3, 0.4) is 0 Å². The number of benzene rings is 2. The van der Waals surface area contributed by atoms with Crippen LogP contribution in [-0.4, -0.2) is 20.9 Å². The average Bonchev–Trinajstić information content (AvgIpc) is 2.50. The second kappa shape index (κ2) is 7.51. The Hall–Kier alpha value is -1.31. The molecule has 0 bridgehead atoms. The molecule has 0 fully saturated rings. The van der Waals surface area contributed by atoms with Crippen molar-refractivity contribution in [2.45, 2.75) is 4.90 Å². The number of amides is 1. The highest BCUT2D eigenvalue weighted by atomic mass is 35.5. The van der Waals surface area contributed by atoms with Crippen LogP contribution in [0.4, 0.5) is 5.69 Å². The van der Waals surface area contributed by atoms with E-state index >= 15 is 0 Å². The van der Waals surface area contributed by atoms with Crippen LogP contribution in [0.15, 0.2) is 47.4 Å². The Morgan fingerprint density at radius 2 is 1.74 bits per heavy atom. The van der Waals surface area contributed by atoms with Crippen molar-refractivity contribution in [3.63, 3.8) is 0 Å². The monoisotopic (exact) mass is 392 g/mol. The molecule has 1 amide bonds. The summed E-state index contributed by atoms with van der Waals surface area (Å²) in [5.74, 6) is -0.584. The minimum absolute atomic E-state index is 0.0291. The van der Waals surface area contributed by atoms with E-state index in [1.807, 2.05) is 0 Å². The number of carbonyl (C=O) groups is 1. The number of anilines is 1. The standard InChI is InChI=1S/C14H11Cl3N2O3S/c15-9-3-1-4-10(7-9)23(21,22)18-8-13(20)19-12-6-2-5-11(16)14(12)17/h1-7,18H,8H2,(H,19,20). The first-order chi connectivity index (χ1) is 10.8. The number of sulfonamides is 1. The Labute approximate surface area is 148 Å². The van der Waals surface area contributed by atoms with Gasteiger partial charge in [-0.05, 0) is 30.3 Å². The molecule has 0 saturated heterocycles. The van der Waals surface area contributed by atoms with Crippen LogP contribution in [0.5, 0.6) is 0 Å². The highest BCUT2D eigenvalue weighted by Gasteiger charge is 2.16. The lowest BCUT2D eigenvalue weighted by atomic mass is 10.3. The molecule has 5 nitrogen and oxygen atoms in total. The molecular weight excluding hydrogens is 383 g/mol. The van der Waals surface area contributed by atoms with Crippen LogP contribution in [0, 0.1) is 0 Å². The summed E-state index contributed by atoms with van der Waals surface area (Å²) in [4.78, 5) is 11.8. The van der Waals surface area contributed by atoms with Crippen LogP contribution < -0.4 is 10.0 Å². The van der Waals surface area contributed by atoms with E-state index in [-0.39, 0.29) is 20.0 Å². The molecule has 122 valence electrons. The first-order valence-electron chi connectivity index (χ1n) is 6.29. The summed E-state index contributed by atoms with van der Waals surface area (Å²) in [7, 11) is -3.84. The Bertz CT molecular complexity index is 841. The van der Waals surface area contributed by atoms with Crippen LogP contribution in [0.25, 0.3) is 0 Å². The lowest BCUT2D eigenvalue weighted by molar-refractivity contribution is -0.115. The summed E-state index contributed by atoms with van der Waals surface area (Å²) in [6.45, 7) is -0.461. The maximum absolute atomic E-state index is 12.1. The first kappa shape index (κ1) is 18.0. The van der Waals surface area contributed by atoms with Crippen molar-refractivity contribution in [3.8, 4) is 0 Å². The predicted octanol–water partition coefficient (Wildman–Crippen LogP) is 3.56. The topological polar surface area (TPSA) is 75.3 Å². The third-order valence-electron chi connectivity index (χ3n) is 2.75. The molecular formula is C14H11Cl3N2O3S. The van der Waals surface area contributed by atoms with Gasteiger partial charge >= 0.3 is 0 Å². The fourth-order valence-corrected chi connectivity index (χ4v) is 3.30. The molecule has 0 spiro atoms. The van der Waals surface area contributed by atoms with Crippen molar-refractivity contribution in [1.82, 2.24) is 4.72 Å². The van der Waals surface area contributed by atoms with Gasteiger partial charge in [0.1, 0.15) is 0 Å². The molecule has 0 radical (unpaired) electrons. The number of hydrogen-bond donors (Lipinski definition) is 2. The molecule has 0 aliphatic rings.